The topological polar surface area (TPSA) is 33.1 Å². The van der Waals surface area contributed by atoms with Gasteiger partial charge in [0, 0.05) is 48.3 Å². The van der Waals surface area contributed by atoms with E-state index in [-0.39, 0.29) is 5.82 Å². The van der Waals surface area contributed by atoms with Crippen LogP contribution in [0, 0.1) is 5.82 Å². The van der Waals surface area contributed by atoms with Crippen molar-refractivity contribution in [2.75, 3.05) is 31.1 Å². The summed E-state index contributed by atoms with van der Waals surface area (Å²) in [4.78, 5) is 7.09. The van der Waals surface area contributed by atoms with Crippen molar-refractivity contribution in [2.24, 2.45) is 0 Å². The minimum absolute atomic E-state index is 0.289. The molecule has 1 aromatic carbocycles. The Bertz CT molecular complexity index is 871. The summed E-state index contributed by atoms with van der Waals surface area (Å²) in [6.45, 7) is 4.27. The van der Waals surface area contributed by atoms with Crippen LogP contribution in [0.3, 0.4) is 0 Å². The molecule has 0 aliphatic carbocycles. The van der Waals surface area contributed by atoms with Crippen LogP contribution in [-0.2, 0) is 6.54 Å². The van der Waals surface area contributed by atoms with Gasteiger partial charge >= 0.3 is 0 Å². The van der Waals surface area contributed by atoms with E-state index in [9.17, 15) is 4.39 Å². The van der Waals surface area contributed by atoms with Gasteiger partial charge in [-0.2, -0.15) is 0 Å². The van der Waals surface area contributed by atoms with E-state index >= 15 is 0 Å². The Labute approximate surface area is 144 Å². The van der Waals surface area contributed by atoms with Crippen molar-refractivity contribution < 1.29 is 4.39 Å². The van der Waals surface area contributed by atoms with E-state index < -0.39 is 0 Å². The van der Waals surface area contributed by atoms with Crippen LogP contribution in [-0.4, -0.2) is 35.7 Å². The third-order valence-corrected chi connectivity index (χ3v) is 4.63. The van der Waals surface area contributed by atoms with Crippen molar-refractivity contribution in [3.63, 3.8) is 0 Å². The molecule has 1 aliphatic rings. The van der Waals surface area contributed by atoms with Crippen molar-refractivity contribution >= 4 is 28.5 Å². The summed E-state index contributed by atoms with van der Waals surface area (Å²) in [7, 11) is 0. The SMILES string of the molecule is Fc1cc(Cl)ccc1Cn1ccc2ccc(N3CCNCC3)nc21. The summed E-state index contributed by atoms with van der Waals surface area (Å²) in [5.41, 5.74) is 1.48. The van der Waals surface area contributed by atoms with Gasteiger partial charge in [-0.15, -0.1) is 0 Å². The van der Waals surface area contributed by atoms with Gasteiger partial charge in [0.15, 0.2) is 0 Å². The van der Waals surface area contributed by atoms with E-state index in [0.29, 0.717) is 17.1 Å². The number of nitrogens with zero attached hydrogens (tertiary/aromatic N) is 3. The molecule has 0 bridgehead atoms. The maximum absolute atomic E-state index is 14.1. The Hall–Kier alpha value is -2.11. The summed E-state index contributed by atoms with van der Waals surface area (Å²) in [6, 6.07) is 10.9. The highest BCUT2D eigenvalue weighted by molar-refractivity contribution is 6.30. The number of fused-ring (bicyclic) bond motifs is 1. The summed E-state index contributed by atoms with van der Waals surface area (Å²) in [5.74, 6) is 0.683. The Balaban J connectivity index is 1.67. The van der Waals surface area contributed by atoms with Crippen LogP contribution in [0.4, 0.5) is 10.2 Å². The van der Waals surface area contributed by atoms with Gasteiger partial charge in [0.1, 0.15) is 17.3 Å². The molecule has 4 nitrogen and oxygen atoms in total. The van der Waals surface area contributed by atoms with E-state index in [1.807, 2.05) is 16.8 Å². The Morgan fingerprint density at radius 3 is 2.75 bits per heavy atom. The van der Waals surface area contributed by atoms with Crippen molar-refractivity contribution in [3.8, 4) is 0 Å². The fraction of sp³-hybridized carbons (Fsp3) is 0.278. The number of benzene rings is 1. The largest absolute Gasteiger partial charge is 0.354 e. The van der Waals surface area contributed by atoms with Crippen molar-refractivity contribution in [1.82, 2.24) is 14.9 Å². The maximum Gasteiger partial charge on any atom is 0.142 e. The first kappa shape index (κ1) is 15.4. The van der Waals surface area contributed by atoms with Crippen LogP contribution in [0.1, 0.15) is 5.56 Å². The Morgan fingerprint density at radius 1 is 1.12 bits per heavy atom. The Kier molecular flexibility index (Phi) is 4.12. The highest BCUT2D eigenvalue weighted by Gasteiger charge is 2.14. The number of pyridine rings is 1. The van der Waals surface area contributed by atoms with Crippen LogP contribution in [0.5, 0.6) is 0 Å². The lowest BCUT2D eigenvalue weighted by Crippen LogP contribution is -2.43. The molecule has 0 atom stereocenters. The van der Waals surface area contributed by atoms with Gasteiger partial charge in [-0.1, -0.05) is 17.7 Å². The van der Waals surface area contributed by atoms with Crippen LogP contribution < -0.4 is 10.2 Å². The second kappa shape index (κ2) is 6.42. The molecule has 1 N–H and O–H groups in total. The number of halogens is 2. The summed E-state index contributed by atoms with van der Waals surface area (Å²) in [6.07, 6.45) is 1.95. The number of aromatic nitrogens is 2. The number of hydrogen-bond donors (Lipinski definition) is 1. The predicted octanol–water partition coefficient (Wildman–Crippen LogP) is 3.29. The van der Waals surface area contributed by atoms with Gasteiger partial charge < -0.3 is 14.8 Å². The zero-order valence-corrected chi connectivity index (χ0v) is 13.9. The smallest absolute Gasteiger partial charge is 0.142 e. The number of piperazine rings is 1. The molecule has 0 amide bonds. The molecule has 1 saturated heterocycles. The highest BCUT2D eigenvalue weighted by Crippen LogP contribution is 2.22. The molecule has 3 heterocycles. The fourth-order valence-corrected chi connectivity index (χ4v) is 3.24. The van der Waals surface area contributed by atoms with E-state index in [1.54, 1.807) is 12.1 Å². The molecule has 4 rings (SSSR count). The summed E-state index contributed by atoms with van der Waals surface area (Å²) < 4.78 is 16.1. The molecule has 0 spiro atoms. The lowest BCUT2D eigenvalue weighted by Gasteiger charge is -2.28. The van der Waals surface area contributed by atoms with Gasteiger partial charge in [0.25, 0.3) is 0 Å². The molecule has 1 fully saturated rings. The van der Waals surface area contributed by atoms with Crippen molar-refractivity contribution in [1.29, 1.82) is 0 Å². The molecule has 0 radical (unpaired) electrons. The first-order chi connectivity index (χ1) is 11.7. The molecular weight excluding hydrogens is 327 g/mol. The number of hydrogen-bond acceptors (Lipinski definition) is 3. The fourth-order valence-electron chi connectivity index (χ4n) is 3.08. The second-order valence-electron chi connectivity index (χ2n) is 6.00. The number of nitrogens with one attached hydrogen (secondary N) is 1. The van der Waals surface area contributed by atoms with Gasteiger partial charge in [-0.3, -0.25) is 0 Å². The maximum atomic E-state index is 14.1. The lowest BCUT2D eigenvalue weighted by atomic mass is 10.2. The highest BCUT2D eigenvalue weighted by atomic mass is 35.5. The molecule has 2 aromatic heterocycles. The second-order valence-corrected chi connectivity index (χ2v) is 6.44. The van der Waals surface area contributed by atoms with Crippen LogP contribution in [0.25, 0.3) is 11.0 Å². The molecule has 0 unspecified atom stereocenters. The van der Waals surface area contributed by atoms with E-state index in [1.165, 1.54) is 6.07 Å². The quantitative estimate of drug-likeness (QED) is 0.791. The normalized spacial score (nSPS) is 15.2. The number of anilines is 1. The van der Waals surface area contributed by atoms with Gasteiger partial charge in [0.05, 0.1) is 6.54 Å². The van der Waals surface area contributed by atoms with Crippen LogP contribution in [0.2, 0.25) is 5.02 Å². The predicted molar refractivity (Wildman–Crippen MR) is 95.3 cm³/mol. The lowest BCUT2D eigenvalue weighted by molar-refractivity contribution is 0.585. The average molecular weight is 345 g/mol. The third-order valence-electron chi connectivity index (χ3n) is 4.39. The van der Waals surface area contributed by atoms with Crippen molar-refractivity contribution in [2.45, 2.75) is 6.54 Å². The molecule has 6 heteroatoms. The van der Waals surface area contributed by atoms with E-state index in [4.69, 9.17) is 16.6 Å². The molecule has 1 aliphatic heterocycles. The van der Waals surface area contributed by atoms with Crippen LogP contribution >= 0.6 is 11.6 Å². The van der Waals surface area contributed by atoms with Gasteiger partial charge in [0.2, 0.25) is 0 Å². The molecule has 3 aromatic rings. The molecule has 24 heavy (non-hydrogen) atoms. The Morgan fingerprint density at radius 2 is 1.96 bits per heavy atom. The monoisotopic (exact) mass is 344 g/mol. The van der Waals surface area contributed by atoms with Gasteiger partial charge in [-0.05, 0) is 30.3 Å². The summed E-state index contributed by atoms with van der Waals surface area (Å²) >= 11 is 5.83. The summed E-state index contributed by atoms with van der Waals surface area (Å²) in [5, 5.41) is 4.81. The average Bonchev–Trinajstić information content (AvgIpc) is 3.00. The van der Waals surface area contributed by atoms with Crippen molar-refractivity contribution in [3.05, 3.63) is 59.0 Å². The molecule has 0 saturated carbocycles. The zero-order valence-electron chi connectivity index (χ0n) is 13.2. The van der Waals surface area contributed by atoms with Crippen LogP contribution in [0.15, 0.2) is 42.6 Å². The first-order valence-electron chi connectivity index (χ1n) is 8.06. The minimum Gasteiger partial charge on any atom is -0.354 e. The molecular formula is C18H18ClFN4. The van der Waals surface area contributed by atoms with Gasteiger partial charge in [-0.25, -0.2) is 9.37 Å². The van der Waals surface area contributed by atoms with E-state index in [2.05, 4.69) is 22.3 Å². The first-order valence-corrected chi connectivity index (χ1v) is 8.44. The zero-order chi connectivity index (χ0) is 16.5. The third kappa shape index (κ3) is 2.97. The van der Waals surface area contributed by atoms with E-state index in [0.717, 1.165) is 43.0 Å². The molecule has 124 valence electrons. The minimum atomic E-state index is -0.289. The standard InChI is InChI=1S/C18H18ClFN4/c19-15-3-1-14(16(20)11-15)12-24-8-5-13-2-4-17(22-18(13)24)23-9-6-21-7-10-23/h1-5,8,11,21H,6-7,9-10,12H2. The number of rotatable bonds is 3.